The number of hydrogen-bond acceptors (Lipinski definition) is 4. The quantitative estimate of drug-likeness (QED) is 0.573. The minimum absolute atomic E-state index is 0.0747. The minimum Gasteiger partial charge on any atom is -0.462 e. The number of rotatable bonds is 5. The normalized spacial score (nSPS) is 23.0. The largest absolute Gasteiger partial charge is 0.462 e. The second kappa shape index (κ2) is 7.28. The molecular formula is C17H30O4. The number of esters is 2. The van der Waals surface area contributed by atoms with E-state index in [9.17, 15) is 9.59 Å². The van der Waals surface area contributed by atoms with E-state index >= 15 is 0 Å². The van der Waals surface area contributed by atoms with Crippen LogP contribution in [0.2, 0.25) is 0 Å². The topological polar surface area (TPSA) is 52.6 Å². The zero-order valence-electron chi connectivity index (χ0n) is 14.3. The Morgan fingerprint density at radius 1 is 1.10 bits per heavy atom. The van der Waals surface area contributed by atoms with Gasteiger partial charge in [-0.05, 0) is 50.9 Å². The minimum atomic E-state index is -0.822. The summed E-state index contributed by atoms with van der Waals surface area (Å²) in [6, 6.07) is 0. The van der Waals surface area contributed by atoms with E-state index in [1.165, 1.54) is 0 Å². The van der Waals surface area contributed by atoms with Crippen molar-refractivity contribution in [3.8, 4) is 0 Å². The van der Waals surface area contributed by atoms with Gasteiger partial charge in [-0.25, -0.2) is 0 Å². The number of ether oxygens (including phenoxy) is 2. The molecule has 4 nitrogen and oxygen atoms in total. The van der Waals surface area contributed by atoms with Crippen molar-refractivity contribution in [1.82, 2.24) is 0 Å². The highest BCUT2D eigenvalue weighted by molar-refractivity contribution is 5.95. The van der Waals surface area contributed by atoms with Gasteiger partial charge in [0.2, 0.25) is 0 Å². The molecule has 1 rings (SSSR count). The van der Waals surface area contributed by atoms with Gasteiger partial charge in [0.15, 0.2) is 5.92 Å². The summed E-state index contributed by atoms with van der Waals surface area (Å²) in [5.74, 6) is -1.85. The van der Waals surface area contributed by atoms with Gasteiger partial charge < -0.3 is 9.47 Å². The van der Waals surface area contributed by atoms with Crippen molar-refractivity contribution in [2.45, 2.75) is 79.4 Å². The number of hydrogen-bond donors (Lipinski definition) is 0. The van der Waals surface area contributed by atoms with Crippen LogP contribution in [0.1, 0.15) is 67.2 Å². The molecule has 0 aromatic rings. The standard InChI is InChI=1S/C17H30O4/c1-11(2)14(15(18)20-12(3)4)16(19)21-13-8-7-9-17(5,6)10-13/h11-14H,7-10H2,1-6H3. The van der Waals surface area contributed by atoms with Crippen LogP contribution < -0.4 is 0 Å². The molecule has 2 unspecified atom stereocenters. The van der Waals surface area contributed by atoms with Crippen molar-refractivity contribution in [1.29, 1.82) is 0 Å². The third-order valence-corrected chi connectivity index (χ3v) is 3.97. The molecule has 0 saturated heterocycles. The Morgan fingerprint density at radius 2 is 1.71 bits per heavy atom. The van der Waals surface area contributed by atoms with Gasteiger partial charge in [0.25, 0.3) is 0 Å². The van der Waals surface area contributed by atoms with Crippen LogP contribution in [0.4, 0.5) is 0 Å². The van der Waals surface area contributed by atoms with Crippen LogP contribution in [0.5, 0.6) is 0 Å². The molecule has 21 heavy (non-hydrogen) atoms. The highest BCUT2D eigenvalue weighted by Crippen LogP contribution is 2.36. The molecule has 4 heteroatoms. The molecule has 1 aliphatic carbocycles. The van der Waals surface area contributed by atoms with E-state index < -0.39 is 17.9 Å². The monoisotopic (exact) mass is 298 g/mol. The van der Waals surface area contributed by atoms with Gasteiger partial charge >= 0.3 is 11.9 Å². The molecule has 0 spiro atoms. The Hall–Kier alpha value is -1.06. The smallest absolute Gasteiger partial charge is 0.320 e. The van der Waals surface area contributed by atoms with Gasteiger partial charge in [0.1, 0.15) is 6.10 Å². The van der Waals surface area contributed by atoms with Crippen molar-refractivity contribution in [3.05, 3.63) is 0 Å². The molecule has 2 atom stereocenters. The number of carbonyl (C=O) groups excluding carboxylic acids is 2. The van der Waals surface area contributed by atoms with E-state index in [0.717, 1.165) is 25.7 Å². The van der Waals surface area contributed by atoms with Crippen molar-refractivity contribution in [2.24, 2.45) is 17.3 Å². The summed E-state index contributed by atoms with van der Waals surface area (Å²) in [5.41, 5.74) is 0.203. The van der Waals surface area contributed by atoms with Crippen LogP contribution in [-0.2, 0) is 19.1 Å². The maximum atomic E-state index is 12.4. The van der Waals surface area contributed by atoms with Crippen molar-refractivity contribution in [3.63, 3.8) is 0 Å². The van der Waals surface area contributed by atoms with E-state index in [2.05, 4.69) is 13.8 Å². The summed E-state index contributed by atoms with van der Waals surface area (Å²) in [5, 5.41) is 0. The van der Waals surface area contributed by atoms with Crippen LogP contribution in [-0.4, -0.2) is 24.1 Å². The van der Waals surface area contributed by atoms with Crippen molar-refractivity contribution < 1.29 is 19.1 Å². The summed E-state index contributed by atoms with van der Waals surface area (Å²) in [6.45, 7) is 11.6. The Morgan fingerprint density at radius 3 is 2.19 bits per heavy atom. The predicted molar refractivity (Wildman–Crippen MR) is 81.7 cm³/mol. The van der Waals surface area contributed by atoms with E-state index in [0.29, 0.717) is 0 Å². The summed E-state index contributed by atoms with van der Waals surface area (Å²) in [6.07, 6.45) is 3.68. The molecule has 0 heterocycles. The Balaban J connectivity index is 2.67. The molecule has 0 bridgehead atoms. The zero-order valence-corrected chi connectivity index (χ0v) is 14.3. The van der Waals surface area contributed by atoms with Crippen LogP contribution in [0, 0.1) is 17.3 Å². The van der Waals surface area contributed by atoms with Crippen LogP contribution in [0.25, 0.3) is 0 Å². The molecule has 0 amide bonds. The third-order valence-electron chi connectivity index (χ3n) is 3.97. The molecule has 0 aromatic carbocycles. The van der Waals surface area contributed by atoms with Gasteiger partial charge in [0, 0.05) is 0 Å². The molecule has 0 aromatic heterocycles. The fourth-order valence-corrected chi connectivity index (χ4v) is 2.91. The Labute approximate surface area is 128 Å². The molecule has 1 fully saturated rings. The fraction of sp³-hybridized carbons (Fsp3) is 0.882. The van der Waals surface area contributed by atoms with Crippen molar-refractivity contribution >= 4 is 11.9 Å². The van der Waals surface area contributed by atoms with Gasteiger partial charge in [-0.1, -0.05) is 27.7 Å². The van der Waals surface area contributed by atoms with Crippen LogP contribution >= 0.6 is 0 Å². The molecular weight excluding hydrogens is 268 g/mol. The van der Waals surface area contributed by atoms with Crippen LogP contribution in [0.15, 0.2) is 0 Å². The zero-order chi connectivity index (χ0) is 16.2. The highest BCUT2D eigenvalue weighted by Gasteiger charge is 2.37. The first-order valence-electron chi connectivity index (χ1n) is 8.03. The highest BCUT2D eigenvalue weighted by atomic mass is 16.6. The first-order chi connectivity index (χ1) is 9.62. The fourth-order valence-electron chi connectivity index (χ4n) is 2.91. The lowest BCUT2D eigenvalue weighted by Gasteiger charge is -2.35. The summed E-state index contributed by atoms with van der Waals surface area (Å²) in [7, 11) is 0. The summed E-state index contributed by atoms with van der Waals surface area (Å²) >= 11 is 0. The lowest BCUT2D eigenvalue weighted by molar-refractivity contribution is -0.171. The van der Waals surface area contributed by atoms with E-state index in [4.69, 9.17) is 9.47 Å². The average Bonchev–Trinajstić information content (AvgIpc) is 2.25. The Bertz CT molecular complexity index is 371. The van der Waals surface area contributed by atoms with Gasteiger partial charge in [-0.15, -0.1) is 0 Å². The van der Waals surface area contributed by atoms with Crippen molar-refractivity contribution in [2.75, 3.05) is 0 Å². The summed E-state index contributed by atoms with van der Waals surface area (Å²) < 4.78 is 10.8. The van der Waals surface area contributed by atoms with Gasteiger partial charge in [-0.2, -0.15) is 0 Å². The van der Waals surface area contributed by atoms with Gasteiger partial charge in [0.05, 0.1) is 6.10 Å². The summed E-state index contributed by atoms with van der Waals surface area (Å²) in [4.78, 5) is 24.4. The maximum Gasteiger partial charge on any atom is 0.320 e. The molecule has 122 valence electrons. The molecule has 0 N–H and O–H groups in total. The first kappa shape index (κ1) is 18.0. The van der Waals surface area contributed by atoms with E-state index in [1.807, 2.05) is 13.8 Å². The lowest BCUT2D eigenvalue weighted by atomic mass is 9.76. The van der Waals surface area contributed by atoms with Gasteiger partial charge in [-0.3, -0.25) is 9.59 Å². The van der Waals surface area contributed by atoms with Crippen LogP contribution in [0.3, 0.4) is 0 Å². The molecule has 1 saturated carbocycles. The predicted octanol–water partition coefficient (Wildman–Crippen LogP) is 3.72. The second-order valence-corrected chi connectivity index (χ2v) is 7.53. The third kappa shape index (κ3) is 5.68. The molecule has 0 aliphatic heterocycles. The maximum absolute atomic E-state index is 12.4. The number of carbonyl (C=O) groups is 2. The van der Waals surface area contributed by atoms with E-state index in [-0.39, 0.29) is 23.5 Å². The second-order valence-electron chi connectivity index (χ2n) is 7.53. The first-order valence-corrected chi connectivity index (χ1v) is 8.03. The molecule has 0 radical (unpaired) electrons. The SMILES string of the molecule is CC(C)OC(=O)C(C(=O)OC1CCCC(C)(C)C1)C(C)C. The average molecular weight is 298 g/mol. The Kier molecular flexibility index (Phi) is 6.24. The van der Waals surface area contributed by atoms with E-state index in [1.54, 1.807) is 13.8 Å². The lowest BCUT2D eigenvalue weighted by Crippen LogP contribution is -2.37. The molecule has 1 aliphatic rings.